The van der Waals surface area contributed by atoms with E-state index >= 15 is 0 Å². The van der Waals surface area contributed by atoms with Crippen LogP contribution in [0.15, 0.2) is 0 Å². The average molecular weight is 200 g/mol. The molecule has 0 aliphatic heterocycles. The summed E-state index contributed by atoms with van der Waals surface area (Å²) in [6, 6.07) is 1.02. The first-order valence-corrected chi connectivity index (χ1v) is 5.59. The summed E-state index contributed by atoms with van der Waals surface area (Å²) in [5.74, 6) is 0. The van der Waals surface area contributed by atoms with Gasteiger partial charge in [0.25, 0.3) is 0 Å². The van der Waals surface area contributed by atoms with E-state index < -0.39 is 0 Å². The molecule has 2 N–H and O–H groups in total. The molecule has 0 spiro atoms. The first kappa shape index (κ1) is 10.9. The van der Waals surface area contributed by atoms with E-state index in [2.05, 4.69) is 18.9 Å². The van der Waals surface area contributed by atoms with Gasteiger partial charge in [-0.25, -0.2) is 0 Å². The van der Waals surface area contributed by atoms with E-state index in [4.69, 9.17) is 18.0 Å². The fraction of sp³-hybridized carbons (Fsp3) is 0.900. The summed E-state index contributed by atoms with van der Waals surface area (Å²) >= 11 is 5.06. The fourth-order valence-electron chi connectivity index (χ4n) is 2.26. The quantitative estimate of drug-likeness (QED) is 0.703. The molecular formula is C10H20N2S. The van der Waals surface area contributed by atoms with Crippen LogP contribution in [0, 0.1) is 0 Å². The molecule has 0 radical (unpaired) electrons. The van der Waals surface area contributed by atoms with Gasteiger partial charge in [-0.1, -0.05) is 32.0 Å². The van der Waals surface area contributed by atoms with Crippen molar-refractivity contribution in [2.75, 3.05) is 7.05 Å². The predicted octanol–water partition coefficient (Wildman–Crippen LogP) is 1.93. The molecule has 13 heavy (non-hydrogen) atoms. The summed E-state index contributed by atoms with van der Waals surface area (Å²) in [6.07, 6.45) is 6.39. The first-order valence-electron chi connectivity index (χ1n) is 5.18. The highest BCUT2D eigenvalue weighted by Gasteiger charge is 2.25. The molecule has 0 aromatic heterocycles. The van der Waals surface area contributed by atoms with Crippen LogP contribution < -0.4 is 5.73 Å². The lowest BCUT2D eigenvalue weighted by Crippen LogP contribution is -2.45. The van der Waals surface area contributed by atoms with E-state index in [1.165, 1.54) is 25.7 Å². The summed E-state index contributed by atoms with van der Waals surface area (Å²) in [5.41, 5.74) is 5.71. The van der Waals surface area contributed by atoms with Crippen molar-refractivity contribution in [3.05, 3.63) is 0 Å². The molecule has 1 aliphatic rings. The Morgan fingerprint density at radius 3 is 2.46 bits per heavy atom. The third-order valence-electron chi connectivity index (χ3n) is 3.11. The molecule has 3 heteroatoms. The van der Waals surface area contributed by atoms with Gasteiger partial charge < -0.3 is 5.73 Å². The van der Waals surface area contributed by atoms with Crippen LogP contribution in [0.1, 0.15) is 39.0 Å². The third kappa shape index (κ3) is 2.64. The fourth-order valence-corrected chi connectivity index (χ4v) is 2.59. The van der Waals surface area contributed by atoms with Gasteiger partial charge in [0.15, 0.2) is 0 Å². The maximum atomic E-state index is 5.71. The van der Waals surface area contributed by atoms with Crippen LogP contribution in [0.4, 0.5) is 0 Å². The summed E-state index contributed by atoms with van der Waals surface area (Å²) in [4.78, 5) is 3.02. The minimum Gasteiger partial charge on any atom is -0.392 e. The van der Waals surface area contributed by atoms with E-state index in [0.29, 0.717) is 17.1 Å². The second-order valence-electron chi connectivity index (χ2n) is 3.93. The Labute approximate surface area is 86.5 Å². The van der Waals surface area contributed by atoms with Crippen LogP contribution in [-0.2, 0) is 0 Å². The van der Waals surface area contributed by atoms with E-state index in [9.17, 15) is 0 Å². The van der Waals surface area contributed by atoms with Crippen molar-refractivity contribution in [1.29, 1.82) is 0 Å². The molecule has 0 saturated heterocycles. The Balaban J connectivity index is 2.51. The number of nitrogens with two attached hydrogens (primary N) is 1. The average Bonchev–Trinajstić information content (AvgIpc) is 2.56. The molecule has 0 amide bonds. The summed E-state index contributed by atoms with van der Waals surface area (Å²) in [7, 11) is 2.16. The molecule has 0 aromatic rings. The van der Waals surface area contributed by atoms with Crippen molar-refractivity contribution < 1.29 is 0 Å². The zero-order chi connectivity index (χ0) is 9.84. The van der Waals surface area contributed by atoms with Crippen LogP contribution in [0.2, 0.25) is 0 Å². The van der Waals surface area contributed by atoms with Gasteiger partial charge in [0.1, 0.15) is 0 Å². The van der Waals surface area contributed by atoms with Gasteiger partial charge >= 0.3 is 0 Å². The molecule has 1 fully saturated rings. The molecule has 1 aliphatic carbocycles. The Bertz CT molecular complexity index is 176. The summed E-state index contributed by atoms with van der Waals surface area (Å²) in [6.45, 7) is 2.15. The Morgan fingerprint density at radius 1 is 1.54 bits per heavy atom. The number of likely N-dealkylation sites (N-methyl/N-ethyl adjacent to an activating group) is 1. The van der Waals surface area contributed by atoms with Crippen molar-refractivity contribution in [3.8, 4) is 0 Å². The third-order valence-corrected chi connectivity index (χ3v) is 3.38. The summed E-state index contributed by atoms with van der Waals surface area (Å²) < 4.78 is 0. The molecule has 1 atom stereocenters. The highest BCUT2D eigenvalue weighted by atomic mass is 32.1. The van der Waals surface area contributed by atoms with Gasteiger partial charge in [0.2, 0.25) is 0 Å². The van der Waals surface area contributed by atoms with Gasteiger partial charge in [0, 0.05) is 6.04 Å². The highest BCUT2D eigenvalue weighted by Crippen LogP contribution is 2.24. The van der Waals surface area contributed by atoms with Crippen molar-refractivity contribution in [2.45, 2.75) is 51.1 Å². The zero-order valence-corrected chi connectivity index (χ0v) is 9.44. The lowest BCUT2D eigenvalue weighted by molar-refractivity contribution is 0.213. The van der Waals surface area contributed by atoms with E-state index in [-0.39, 0.29) is 0 Å². The highest BCUT2D eigenvalue weighted by molar-refractivity contribution is 7.80. The molecule has 0 bridgehead atoms. The number of hydrogen-bond donors (Lipinski definition) is 1. The van der Waals surface area contributed by atoms with Crippen LogP contribution in [0.25, 0.3) is 0 Å². The Kier molecular flexibility index (Phi) is 4.13. The normalized spacial score (nSPS) is 20.8. The SMILES string of the molecule is CCC(C(N)=S)N(C)C1CCCC1. The largest absolute Gasteiger partial charge is 0.392 e. The monoisotopic (exact) mass is 200 g/mol. The number of hydrogen-bond acceptors (Lipinski definition) is 2. The van der Waals surface area contributed by atoms with Crippen LogP contribution >= 0.6 is 12.2 Å². The van der Waals surface area contributed by atoms with E-state index in [1.54, 1.807) is 0 Å². The Hall–Kier alpha value is -0.150. The number of thiocarbonyl (C=S) groups is 1. The maximum absolute atomic E-state index is 5.71. The van der Waals surface area contributed by atoms with Crippen molar-refractivity contribution in [2.24, 2.45) is 5.73 Å². The van der Waals surface area contributed by atoms with Crippen molar-refractivity contribution in [3.63, 3.8) is 0 Å². The van der Waals surface area contributed by atoms with Crippen LogP contribution in [0.3, 0.4) is 0 Å². The topological polar surface area (TPSA) is 29.3 Å². The minimum atomic E-state index is 0.304. The first-order chi connectivity index (χ1) is 6.16. The zero-order valence-electron chi connectivity index (χ0n) is 8.62. The van der Waals surface area contributed by atoms with Gasteiger partial charge in [-0.2, -0.15) is 0 Å². The lowest BCUT2D eigenvalue weighted by Gasteiger charge is -2.31. The molecule has 2 nitrogen and oxygen atoms in total. The van der Waals surface area contributed by atoms with E-state index in [1.807, 2.05) is 0 Å². The minimum absolute atomic E-state index is 0.304. The van der Waals surface area contributed by atoms with Crippen LogP contribution in [-0.4, -0.2) is 29.0 Å². The summed E-state index contributed by atoms with van der Waals surface area (Å²) in [5, 5.41) is 0. The molecule has 0 aromatic carbocycles. The standard InChI is InChI=1S/C10H20N2S/c1-3-9(10(11)13)12(2)8-6-4-5-7-8/h8-9H,3-7H2,1-2H3,(H2,11,13). The Morgan fingerprint density at radius 2 is 2.08 bits per heavy atom. The molecule has 1 rings (SSSR count). The van der Waals surface area contributed by atoms with Gasteiger partial charge in [0.05, 0.1) is 11.0 Å². The molecule has 1 unspecified atom stereocenters. The maximum Gasteiger partial charge on any atom is 0.0901 e. The smallest absolute Gasteiger partial charge is 0.0901 e. The number of rotatable bonds is 4. The predicted molar refractivity (Wildman–Crippen MR) is 60.9 cm³/mol. The molecule has 76 valence electrons. The van der Waals surface area contributed by atoms with E-state index in [0.717, 1.165) is 6.42 Å². The molecule has 0 heterocycles. The lowest BCUT2D eigenvalue weighted by atomic mass is 10.1. The van der Waals surface area contributed by atoms with Gasteiger partial charge in [-0.15, -0.1) is 0 Å². The number of nitrogens with zero attached hydrogens (tertiary/aromatic N) is 1. The van der Waals surface area contributed by atoms with Gasteiger partial charge in [-0.05, 0) is 26.3 Å². The van der Waals surface area contributed by atoms with Gasteiger partial charge in [-0.3, -0.25) is 4.90 Å². The van der Waals surface area contributed by atoms with Crippen molar-refractivity contribution >= 4 is 17.2 Å². The van der Waals surface area contributed by atoms with Crippen LogP contribution in [0.5, 0.6) is 0 Å². The van der Waals surface area contributed by atoms with Crippen molar-refractivity contribution in [1.82, 2.24) is 4.90 Å². The second-order valence-corrected chi connectivity index (χ2v) is 4.40. The second kappa shape index (κ2) is 4.91. The molecular weight excluding hydrogens is 180 g/mol. The molecule has 1 saturated carbocycles.